The number of alkyl halides is 3. The van der Waals surface area contributed by atoms with Crippen LogP contribution in [-0.2, 0) is 0 Å². The first kappa shape index (κ1) is 12.0. The summed E-state index contributed by atoms with van der Waals surface area (Å²) in [6, 6.07) is 8.63. The molecule has 0 saturated heterocycles. The molecular weight excluding hydrogens is 217 g/mol. The molecule has 0 radical (unpaired) electrons. The molecule has 1 rings (SSSR count). The second kappa shape index (κ2) is 4.66. The van der Waals surface area contributed by atoms with Crippen LogP contribution in [0.25, 0.3) is 6.08 Å². The lowest BCUT2D eigenvalue weighted by atomic mass is 10.2. The standard InChI is InChI=1S/C11H13F3Si/c1-15(2)10(11(12,13)14)8-9-6-4-3-5-7-9/h3-8,15H,1-2H3. The maximum atomic E-state index is 12.6. The Kier molecular flexibility index (Phi) is 3.74. The number of hydrogen-bond donors (Lipinski definition) is 0. The van der Waals surface area contributed by atoms with E-state index in [4.69, 9.17) is 0 Å². The summed E-state index contributed by atoms with van der Waals surface area (Å²) < 4.78 is 37.9. The first-order chi connectivity index (χ1) is 6.91. The number of benzene rings is 1. The molecule has 0 aliphatic heterocycles. The number of rotatable bonds is 2. The van der Waals surface area contributed by atoms with Gasteiger partial charge in [0.05, 0.1) is 8.80 Å². The van der Waals surface area contributed by atoms with Gasteiger partial charge in [0.25, 0.3) is 0 Å². The minimum absolute atomic E-state index is 0.353. The van der Waals surface area contributed by atoms with Gasteiger partial charge in [0.1, 0.15) is 0 Å². The van der Waals surface area contributed by atoms with Crippen LogP contribution in [0.5, 0.6) is 0 Å². The molecule has 0 atom stereocenters. The van der Waals surface area contributed by atoms with Crippen LogP contribution < -0.4 is 0 Å². The molecule has 0 aliphatic carbocycles. The predicted octanol–water partition coefficient (Wildman–Crippen LogP) is 3.66. The van der Waals surface area contributed by atoms with E-state index in [1.807, 2.05) is 0 Å². The highest BCUT2D eigenvalue weighted by atomic mass is 28.3. The molecule has 0 aromatic heterocycles. The lowest BCUT2D eigenvalue weighted by Gasteiger charge is -2.14. The average molecular weight is 230 g/mol. The number of halogens is 3. The van der Waals surface area contributed by atoms with Crippen LogP contribution in [0.1, 0.15) is 5.56 Å². The van der Waals surface area contributed by atoms with Gasteiger partial charge in [-0.25, -0.2) is 0 Å². The summed E-state index contributed by atoms with van der Waals surface area (Å²) in [5, 5.41) is -0.353. The van der Waals surface area contributed by atoms with Crippen molar-refractivity contribution in [1.82, 2.24) is 0 Å². The molecule has 0 nitrogen and oxygen atoms in total. The van der Waals surface area contributed by atoms with Crippen LogP contribution in [0.15, 0.2) is 35.5 Å². The van der Waals surface area contributed by atoms with E-state index in [1.54, 1.807) is 43.4 Å². The third-order valence-corrected chi connectivity index (χ3v) is 3.81. The topological polar surface area (TPSA) is 0 Å². The van der Waals surface area contributed by atoms with E-state index in [2.05, 4.69) is 0 Å². The number of allylic oxidation sites excluding steroid dienone is 1. The smallest absolute Gasteiger partial charge is 0.167 e. The Morgan fingerprint density at radius 2 is 1.67 bits per heavy atom. The van der Waals surface area contributed by atoms with Crippen molar-refractivity contribution >= 4 is 14.9 Å². The summed E-state index contributed by atoms with van der Waals surface area (Å²) in [5.41, 5.74) is 0.617. The normalized spacial score (nSPS) is 13.3. The summed E-state index contributed by atoms with van der Waals surface area (Å²) >= 11 is 0. The van der Waals surface area contributed by atoms with Gasteiger partial charge < -0.3 is 0 Å². The van der Waals surface area contributed by atoms with E-state index >= 15 is 0 Å². The van der Waals surface area contributed by atoms with E-state index in [1.165, 1.54) is 6.08 Å². The van der Waals surface area contributed by atoms with Crippen molar-refractivity contribution < 1.29 is 13.2 Å². The second-order valence-electron chi connectivity index (χ2n) is 3.66. The first-order valence-electron chi connectivity index (χ1n) is 4.75. The van der Waals surface area contributed by atoms with Crippen molar-refractivity contribution in [3.8, 4) is 0 Å². The summed E-state index contributed by atoms with van der Waals surface area (Å²) in [6.07, 6.45) is -2.92. The van der Waals surface area contributed by atoms with Crippen LogP contribution >= 0.6 is 0 Å². The lowest BCUT2D eigenvalue weighted by Crippen LogP contribution is -2.22. The van der Waals surface area contributed by atoms with Crippen LogP contribution in [0, 0.1) is 0 Å². The van der Waals surface area contributed by atoms with E-state index in [9.17, 15) is 13.2 Å². The summed E-state index contributed by atoms with van der Waals surface area (Å²) in [5.74, 6) is 0. The lowest BCUT2D eigenvalue weighted by molar-refractivity contribution is -0.0844. The molecule has 82 valence electrons. The average Bonchev–Trinajstić information content (AvgIpc) is 2.13. The Balaban J connectivity index is 3.06. The molecule has 1 aromatic carbocycles. The van der Waals surface area contributed by atoms with Gasteiger partial charge in [-0.15, -0.1) is 0 Å². The maximum absolute atomic E-state index is 12.6. The molecule has 0 amide bonds. The highest BCUT2D eigenvalue weighted by molar-refractivity contribution is 6.65. The van der Waals surface area contributed by atoms with Gasteiger partial charge in [0, 0.05) is 5.20 Å². The van der Waals surface area contributed by atoms with Crippen molar-refractivity contribution in [1.29, 1.82) is 0 Å². The Bertz CT molecular complexity index is 339. The third kappa shape index (κ3) is 3.55. The zero-order valence-corrected chi connectivity index (χ0v) is 9.83. The fourth-order valence-electron chi connectivity index (χ4n) is 1.30. The second-order valence-corrected chi connectivity index (χ2v) is 6.59. The summed E-state index contributed by atoms with van der Waals surface area (Å²) in [6.45, 7) is 3.37. The van der Waals surface area contributed by atoms with Crippen molar-refractivity contribution in [2.75, 3.05) is 0 Å². The molecule has 0 aliphatic rings. The van der Waals surface area contributed by atoms with E-state index in [-0.39, 0.29) is 5.20 Å². The fraction of sp³-hybridized carbons (Fsp3) is 0.273. The molecule has 15 heavy (non-hydrogen) atoms. The van der Waals surface area contributed by atoms with Gasteiger partial charge in [-0.2, -0.15) is 13.2 Å². The Morgan fingerprint density at radius 1 is 1.13 bits per heavy atom. The van der Waals surface area contributed by atoms with Crippen LogP contribution in [-0.4, -0.2) is 15.0 Å². The van der Waals surface area contributed by atoms with Crippen molar-refractivity contribution in [2.45, 2.75) is 19.3 Å². The predicted molar refractivity (Wildman–Crippen MR) is 59.4 cm³/mol. The minimum atomic E-state index is -4.18. The van der Waals surface area contributed by atoms with Gasteiger partial charge in [0.15, 0.2) is 0 Å². The quantitative estimate of drug-likeness (QED) is 0.680. The Labute approximate surface area is 89.0 Å². The maximum Gasteiger partial charge on any atom is 0.408 e. The van der Waals surface area contributed by atoms with Gasteiger partial charge in [0.2, 0.25) is 0 Å². The number of hydrogen-bond acceptors (Lipinski definition) is 0. The van der Waals surface area contributed by atoms with E-state index in [0.717, 1.165) is 0 Å². The highest BCUT2D eigenvalue weighted by Gasteiger charge is 2.35. The van der Waals surface area contributed by atoms with Crippen LogP contribution in [0.2, 0.25) is 13.1 Å². The Hall–Kier alpha value is -1.03. The molecule has 0 heterocycles. The summed E-state index contributed by atoms with van der Waals surface area (Å²) in [7, 11) is -1.84. The van der Waals surface area contributed by atoms with Crippen LogP contribution in [0.3, 0.4) is 0 Å². The third-order valence-electron chi connectivity index (χ3n) is 2.07. The molecule has 0 bridgehead atoms. The van der Waals surface area contributed by atoms with Crippen molar-refractivity contribution in [3.63, 3.8) is 0 Å². The fourth-order valence-corrected chi connectivity index (χ4v) is 2.49. The van der Waals surface area contributed by atoms with E-state index in [0.29, 0.717) is 5.56 Å². The Morgan fingerprint density at radius 3 is 2.07 bits per heavy atom. The van der Waals surface area contributed by atoms with Crippen molar-refractivity contribution in [3.05, 3.63) is 41.1 Å². The highest BCUT2D eigenvalue weighted by Crippen LogP contribution is 2.29. The van der Waals surface area contributed by atoms with Gasteiger partial charge in [-0.3, -0.25) is 0 Å². The zero-order chi connectivity index (χ0) is 11.5. The van der Waals surface area contributed by atoms with Gasteiger partial charge in [-0.1, -0.05) is 49.5 Å². The minimum Gasteiger partial charge on any atom is -0.167 e. The van der Waals surface area contributed by atoms with Gasteiger partial charge in [-0.05, 0) is 5.56 Å². The van der Waals surface area contributed by atoms with Crippen molar-refractivity contribution in [2.24, 2.45) is 0 Å². The molecule has 0 fully saturated rings. The molecule has 4 heteroatoms. The van der Waals surface area contributed by atoms with E-state index < -0.39 is 15.0 Å². The molecule has 0 saturated carbocycles. The molecule has 0 unspecified atom stereocenters. The molecule has 1 aromatic rings. The van der Waals surface area contributed by atoms with Gasteiger partial charge >= 0.3 is 6.18 Å². The molecular formula is C11H13F3Si. The summed E-state index contributed by atoms with van der Waals surface area (Å²) in [4.78, 5) is 0. The largest absolute Gasteiger partial charge is 0.408 e. The zero-order valence-electron chi connectivity index (χ0n) is 8.68. The SMILES string of the molecule is C[SiH](C)C(=Cc1ccccc1)C(F)(F)F. The molecule has 0 spiro atoms. The molecule has 0 N–H and O–H groups in total. The monoisotopic (exact) mass is 230 g/mol. The first-order valence-corrected chi connectivity index (χ1v) is 7.64. The van der Waals surface area contributed by atoms with Crippen LogP contribution in [0.4, 0.5) is 13.2 Å².